The molecule has 3 aliphatic rings. The second-order valence-corrected chi connectivity index (χ2v) is 7.29. The number of thioether (sulfide) groups is 1. The van der Waals surface area contributed by atoms with Gasteiger partial charge in [0.2, 0.25) is 5.91 Å². The van der Waals surface area contributed by atoms with Crippen LogP contribution in [0.1, 0.15) is 38.5 Å². The maximum absolute atomic E-state index is 12.6. The molecule has 2 unspecified atom stereocenters. The molecule has 1 amide bonds. The van der Waals surface area contributed by atoms with Gasteiger partial charge in [-0.05, 0) is 56.7 Å². The van der Waals surface area contributed by atoms with E-state index in [0.29, 0.717) is 11.9 Å². The summed E-state index contributed by atoms with van der Waals surface area (Å²) in [6.07, 6.45) is 7.50. The van der Waals surface area contributed by atoms with Crippen molar-refractivity contribution in [2.45, 2.75) is 49.8 Å². The summed E-state index contributed by atoms with van der Waals surface area (Å²) in [6.45, 7) is 3.11. The van der Waals surface area contributed by atoms with E-state index >= 15 is 0 Å². The highest BCUT2D eigenvalue weighted by atomic mass is 32.2. The Morgan fingerprint density at radius 1 is 1.17 bits per heavy atom. The summed E-state index contributed by atoms with van der Waals surface area (Å²) in [5.41, 5.74) is 0. The number of hydrogen-bond acceptors (Lipinski definition) is 3. The summed E-state index contributed by atoms with van der Waals surface area (Å²) in [4.78, 5) is 14.8. The molecule has 3 rings (SSSR count). The van der Waals surface area contributed by atoms with Crippen LogP contribution in [0.25, 0.3) is 0 Å². The van der Waals surface area contributed by atoms with Crippen LogP contribution in [0.5, 0.6) is 0 Å². The van der Waals surface area contributed by atoms with Crippen molar-refractivity contribution in [2.24, 2.45) is 5.92 Å². The molecule has 0 aromatic carbocycles. The quantitative estimate of drug-likeness (QED) is 0.826. The van der Waals surface area contributed by atoms with E-state index in [-0.39, 0.29) is 5.25 Å². The number of rotatable bonds is 5. The van der Waals surface area contributed by atoms with Gasteiger partial charge in [-0.15, -0.1) is 11.8 Å². The first-order chi connectivity index (χ1) is 8.83. The van der Waals surface area contributed by atoms with Crippen LogP contribution in [0, 0.1) is 5.92 Å². The lowest BCUT2D eigenvalue weighted by molar-refractivity contribution is -0.131. The summed E-state index contributed by atoms with van der Waals surface area (Å²) in [5.74, 6) is 2.41. The zero-order valence-corrected chi connectivity index (χ0v) is 11.9. The first kappa shape index (κ1) is 12.8. The average molecular weight is 268 g/mol. The topological polar surface area (TPSA) is 32.3 Å². The molecule has 2 heterocycles. The molecular weight excluding hydrogens is 244 g/mol. The van der Waals surface area contributed by atoms with E-state index in [1.807, 2.05) is 11.8 Å². The van der Waals surface area contributed by atoms with E-state index in [2.05, 4.69) is 10.2 Å². The molecule has 102 valence electrons. The first-order valence-corrected chi connectivity index (χ1v) is 8.51. The summed E-state index contributed by atoms with van der Waals surface area (Å²) >= 11 is 1.87. The van der Waals surface area contributed by atoms with Crippen molar-refractivity contribution in [3.05, 3.63) is 0 Å². The normalized spacial score (nSPS) is 31.8. The smallest absolute Gasteiger partial charge is 0.235 e. The Bertz CT molecular complexity index is 294. The maximum atomic E-state index is 12.6. The third-order valence-electron chi connectivity index (χ3n) is 4.30. The molecule has 2 atom stereocenters. The van der Waals surface area contributed by atoms with Gasteiger partial charge in [0.25, 0.3) is 0 Å². The molecule has 0 aromatic rings. The summed E-state index contributed by atoms with van der Waals surface area (Å²) in [6, 6.07) is 0.555. The number of amides is 1. The molecule has 2 aliphatic heterocycles. The molecule has 18 heavy (non-hydrogen) atoms. The number of carbonyl (C=O) groups excluding carboxylic acids is 1. The van der Waals surface area contributed by atoms with Crippen LogP contribution in [-0.2, 0) is 4.79 Å². The van der Waals surface area contributed by atoms with Gasteiger partial charge in [-0.2, -0.15) is 0 Å². The largest absolute Gasteiger partial charge is 0.340 e. The molecule has 4 heteroatoms. The fraction of sp³-hybridized carbons (Fsp3) is 0.929. The predicted octanol–water partition coefficient (Wildman–Crippen LogP) is 1.87. The van der Waals surface area contributed by atoms with Gasteiger partial charge in [0.1, 0.15) is 0 Å². The highest BCUT2D eigenvalue weighted by molar-refractivity contribution is 8.00. The second kappa shape index (κ2) is 5.83. The maximum Gasteiger partial charge on any atom is 0.235 e. The molecule has 3 nitrogen and oxygen atoms in total. The molecule has 1 N–H and O–H groups in total. The van der Waals surface area contributed by atoms with Gasteiger partial charge in [-0.25, -0.2) is 0 Å². The lowest BCUT2D eigenvalue weighted by Crippen LogP contribution is -2.45. The van der Waals surface area contributed by atoms with Crippen LogP contribution in [-0.4, -0.2) is 47.5 Å². The Hall–Kier alpha value is -0.220. The van der Waals surface area contributed by atoms with E-state index in [0.717, 1.165) is 32.0 Å². The SMILES string of the molecule is O=C(C1CCCS1)N(CC1CC1)CC1CCCN1. The van der Waals surface area contributed by atoms with Gasteiger partial charge in [0.15, 0.2) is 0 Å². The van der Waals surface area contributed by atoms with Gasteiger partial charge >= 0.3 is 0 Å². The molecular formula is C14H24N2OS. The monoisotopic (exact) mass is 268 g/mol. The van der Waals surface area contributed by atoms with Crippen molar-refractivity contribution in [1.82, 2.24) is 10.2 Å². The minimum Gasteiger partial charge on any atom is -0.340 e. The van der Waals surface area contributed by atoms with Crippen LogP contribution in [0.2, 0.25) is 0 Å². The summed E-state index contributed by atoms with van der Waals surface area (Å²) < 4.78 is 0. The molecule has 0 bridgehead atoms. The van der Waals surface area contributed by atoms with Crippen LogP contribution < -0.4 is 5.32 Å². The number of carbonyl (C=O) groups is 1. The van der Waals surface area contributed by atoms with Crippen molar-refractivity contribution in [3.63, 3.8) is 0 Å². The van der Waals surface area contributed by atoms with E-state index in [4.69, 9.17) is 0 Å². The lowest BCUT2D eigenvalue weighted by Gasteiger charge is -2.28. The standard InChI is InChI=1S/C14H24N2OS/c17-14(13-4-2-8-18-13)16(9-11-5-6-11)10-12-3-1-7-15-12/h11-13,15H,1-10H2. The Morgan fingerprint density at radius 2 is 2.06 bits per heavy atom. The molecule has 3 fully saturated rings. The van der Waals surface area contributed by atoms with Gasteiger partial charge in [-0.1, -0.05) is 0 Å². The highest BCUT2D eigenvalue weighted by Gasteiger charge is 2.33. The second-order valence-electron chi connectivity index (χ2n) is 5.98. The first-order valence-electron chi connectivity index (χ1n) is 7.46. The molecule has 2 saturated heterocycles. The van der Waals surface area contributed by atoms with Crippen molar-refractivity contribution in [2.75, 3.05) is 25.4 Å². The Kier molecular flexibility index (Phi) is 4.14. The Labute approximate surface area is 114 Å². The average Bonchev–Trinajstić information content (AvgIpc) is 2.88. The van der Waals surface area contributed by atoms with Crippen molar-refractivity contribution < 1.29 is 4.79 Å². The van der Waals surface area contributed by atoms with Crippen molar-refractivity contribution >= 4 is 17.7 Å². The van der Waals surface area contributed by atoms with Gasteiger partial charge in [0, 0.05) is 19.1 Å². The fourth-order valence-electron chi connectivity index (χ4n) is 3.02. The van der Waals surface area contributed by atoms with E-state index < -0.39 is 0 Å². The fourth-order valence-corrected chi connectivity index (χ4v) is 4.26. The van der Waals surface area contributed by atoms with Crippen molar-refractivity contribution in [1.29, 1.82) is 0 Å². The van der Waals surface area contributed by atoms with Gasteiger partial charge in [0.05, 0.1) is 5.25 Å². The Morgan fingerprint density at radius 3 is 2.67 bits per heavy atom. The summed E-state index contributed by atoms with van der Waals surface area (Å²) in [7, 11) is 0. The molecule has 1 saturated carbocycles. The predicted molar refractivity (Wildman–Crippen MR) is 75.8 cm³/mol. The van der Waals surface area contributed by atoms with E-state index in [9.17, 15) is 4.79 Å². The van der Waals surface area contributed by atoms with Crippen LogP contribution in [0.15, 0.2) is 0 Å². The third-order valence-corrected chi connectivity index (χ3v) is 5.66. The third kappa shape index (κ3) is 3.21. The zero-order chi connectivity index (χ0) is 12.4. The van der Waals surface area contributed by atoms with Crippen LogP contribution >= 0.6 is 11.8 Å². The van der Waals surface area contributed by atoms with E-state index in [1.54, 1.807) is 0 Å². The summed E-state index contributed by atoms with van der Waals surface area (Å²) in [5, 5.41) is 3.79. The Balaban J connectivity index is 1.57. The molecule has 0 aromatic heterocycles. The minimum atomic E-state index is 0.269. The molecule has 1 aliphatic carbocycles. The van der Waals surface area contributed by atoms with Crippen LogP contribution in [0.3, 0.4) is 0 Å². The lowest BCUT2D eigenvalue weighted by atomic mass is 10.1. The van der Waals surface area contributed by atoms with Gasteiger partial charge in [-0.3, -0.25) is 4.79 Å². The molecule has 0 spiro atoms. The van der Waals surface area contributed by atoms with Crippen LogP contribution in [0.4, 0.5) is 0 Å². The number of nitrogens with one attached hydrogen (secondary N) is 1. The number of nitrogens with zero attached hydrogens (tertiary/aromatic N) is 1. The zero-order valence-electron chi connectivity index (χ0n) is 11.1. The molecule has 0 radical (unpaired) electrons. The highest BCUT2D eigenvalue weighted by Crippen LogP contribution is 2.32. The van der Waals surface area contributed by atoms with Gasteiger partial charge < -0.3 is 10.2 Å². The van der Waals surface area contributed by atoms with Crippen molar-refractivity contribution in [3.8, 4) is 0 Å². The minimum absolute atomic E-state index is 0.269. The number of hydrogen-bond donors (Lipinski definition) is 1. The van der Waals surface area contributed by atoms with E-state index in [1.165, 1.54) is 37.9 Å².